The van der Waals surface area contributed by atoms with Gasteiger partial charge in [-0.1, -0.05) is 167 Å². The summed E-state index contributed by atoms with van der Waals surface area (Å²) in [4.78, 5) is 25.8. The molecule has 0 amide bonds. The van der Waals surface area contributed by atoms with E-state index < -0.39 is 92.7 Å². The van der Waals surface area contributed by atoms with E-state index in [-0.39, 0.29) is 26.1 Å². The summed E-state index contributed by atoms with van der Waals surface area (Å²) in [6.45, 7) is 2.60. The van der Waals surface area contributed by atoms with Crippen molar-refractivity contribution in [3.05, 3.63) is 24.3 Å². The normalized spacial score (nSPS) is 25.5. The lowest BCUT2D eigenvalue weighted by atomic mass is 9.98. The van der Waals surface area contributed by atoms with Gasteiger partial charge in [-0.3, -0.25) is 9.59 Å². The molecule has 2 heterocycles. The molecule has 0 aliphatic carbocycles. The molecule has 0 saturated carbocycles. The van der Waals surface area contributed by atoms with Gasteiger partial charge < -0.3 is 64.2 Å². The molecule has 0 aromatic heterocycles. The van der Waals surface area contributed by atoms with Crippen molar-refractivity contribution in [2.45, 2.75) is 287 Å². The Morgan fingerprint density at radius 1 is 0.443 bits per heavy atom. The van der Waals surface area contributed by atoms with Crippen LogP contribution >= 0.6 is 0 Å². The average Bonchev–Trinajstić information content (AvgIpc) is 3.35. The Hall–Kier alpha value is -2.02. The summed E-state index contributed by atoms with van der Waals surface area (Å²) in [5, 5.41) is 72.2. The number of carbonyl (C=O) groups excluding carboxylic acids is 2. The lowest BCUT2D eigenvalue weighted by Crippen LogP contribution is -2.61. The van der Waals surface area contributed by atoms with E-state index in [9.17, 15) is 45.3 Å². The standard InChI is InChI=1S/C55H100O15/c1-3-5-7-9-11-13-15-17-19-20-21-22-24-26-28-30-32-34-36-38-47(58)68-43(40-65-46(57)37-35-33-31-29-27-25-23-18-16-14-12-10-8-6-4-2)41-66-54-53(64)51(62)49(60)45(70-54)42-67-55-52(63)50(61)48(59)44(39-56)69-55/h17-19,23,43-45,48-56,59-64H,3-16,20-22,24-42H2,1-2H3/b19-17+,23-18+/t43-,44+,45+,48-,49-,50?,51?,52?,53?,54+,55+/m1/s1. The van der Waals surface area contributed by atoms with Gasteiger partial charge in [-0.15, -0.1) is 0 Å². The summed E-state index contributed by atoms with van der Waals surface area (Å²) in [6, 6.07) is 0. The Morgan fingerprint density at radius 3 is 1.26 bits per heavy atom. The van der Waals surface area contributed by atoms with E-state index in [0.29, 0.717) is 12.8 Å². The zero-order valence-electron chi connectivity index (χ0n) is 43.5. The second-order valence-electron chi connectivity index (χ2n) is 19.8. The summed E-state index contributed by atoms with van der Waals surface area (Å²) in [7, 11) is 0. The highest BCUT2D eigenvalue weighted by Gasteiger charge is 2.47. The molecule has 7 N–H and O–H groups in total. The lowest BCUT2D eigenvalue weighted by molar-refractivity contribution is -0.332. The van der Waals surface area contributed by atoms with E-state index in [0.717, 1.165) is 64.2 Å². The minimum absolute atomic E-state index is 0.163. The molecule has 70 heavy (non-hydrogen) atoms. The van der Waals surface area contributed by atoms with Crippen LogP contribution in [0.3, 0.4) is 0 Å². The van der Waals surface area contributed by atoms with Crippen LogP contribution in [0.25, 0.3) is 0 Å². The first-order chi connectivity index (χ1) is 34.0. The van der Waals surface area contributed by atoms with Crippen LogP contribution in [0.1, 0.15) is 219 Å². The first-order valence-electron chi connectivity index (χ1n) is 27.9. The van der Waals surface area contributed by atoms with Gasteiger partial charge in [0.1, 0.15) is 55.4 Å². The molecular formula is C55H100O15. The van der Waals surface area contributed by atoms with Gasteiger partial charge in [0.25, 0.3) is 0 Å². The molecule has 4 unspecified atom stereocenters. The topological polar surface area (TPSA) is 231 Å². The Kier molecular flexibility index (Phi) is 38.8. The minimum atomic E-state index is -1.76. The molecule has 0 aromatic carbocycles. The van der Waals surface area contributed by atoms with E-state index in [1.807, 2.05) is 0 Å². The van der Waals surface area contributed by atoms with Crippen molar-refractivity contribution in [1.82, 2.24) is 0 Å². The fraction of sp³-hybridized carbons (Fsp3) is 0.891. The van der Waals surface area contributed by atoms with Crippen molar-refractivity contribution < 1.29 is 73.8 Å². The van der Waals surface area contributed by atoms with Crippen LogP contribution in [0.15, 0.2) is 24.3 Å². The fourth-order valence-corrected chi connectivity index (χ4v) is 8.80. The van der Waals surface area contributed by atoms with E-state index in [2.05, 4.69) is 38.2 Å². The number of rotatable bonds is 44. The number of unbranched alkanes of at least 4 members (excludes halogenated alkanes) is 26. The van der Waals surface area contributed by atoms with Crippen LogP contribution in [0.2, 0.25) is 0 Å². The highest BCUT2D eigenvalue weighted by atomic mass is 16.7. The van der Waals surface area contributed by atoms with Crippen LogP contribution < -0.4 is 0 Å². The molecule has 0 aromatic rings. The predicted octanol–water partition coefficient (Wildman–Crippen LogP) is 8.72. The van der Waals surface area contributed by atoms with Gasteiger partial charge in [0.05, 0.1) is 19.8 Å². The average molecular weight is 1000 g/mol. The monoisotopic (exact) mass is 1000 g/mol. The van der Waals surface area contributed by atoms with Crippen molar-refractivity contribution >= 4 is 11.9 Å². The van der Waals surface area contributed by atoms with Crippen LogP contribution in [0.5, 0.6) is 0 Å². The number of hydrogen-bond acceptors (Lipinski definition) is 15. The number of aliphatic hydroxyl groups excluding tert-OH is 7. The number of ether oxygens (including phenoxy) is 6. The van der Waals surface area contributed by atoms with E-state index in [1.165, 1.54) is 116 Å². The van der Waals surface area contributed by atoms with Crippen molar-refractivity contribution in [2.24, 2.45) is 0 Å². The molecule has 15 heteroatoms. The molecule has 11 atom stereocenters. The van der Waals surface area contributed by atoms with Crippen molar-refractivity contribution in [3.63, 3.8) is 0 Å². The van der Waals surface area contributed by atoms with Gasteiger partial charge in [-0.05, 0) is 64.2 Å². The van der Waals surface area contributed by atoms with Crippen molar-refractivity contribution in [3.8, 4) is 0 Å². The molecule has 2 aliphatic heterocycles. The molecule has 2 fully saturated rings. The zero-order chi connectivity index (χ0) is 51.0. The number of carbonyl (C=O) groups is 2. The minimum Gasteiger partial charge on any atom is -0.462 e. The van der Waals surface area contributed by atoms with E-state index >= 15 is 0 Å². The Bertz CT molecular complexity index is 1310. The maximum absolute atomic E-state index is 13.0. The summed E-state index contributed by atoms with van der Waals surface area (Å²) < 4.78 is 33.6. The first kappa shape index (κ1) is 64.1. The largest absolute Gasteiger partial charge is 0.462 e. The molecule has 2 rings (SSSR count). The smallest absolute Gasteiger partial charge is 0.306 e. The van der Waals surface area contributed by atoms with Gasteiger partial charge in [0, 0.05) is 12.8 Å². The third-order valence-electron chi connectivity index (χ3n) is 13.4. The number of esters is 2. The van der Waals surface area contributed by atoms with Crippen LogP contribution in [-0.2, 0) is 38.0 Å². The van der Waals surface area contributed by atoms with E-state index in [4.69, 9.17) is 28.4 Å². The summed E-state index contributed by atoms with van der Waals surface area (Å²) in [5.74, 6) is -0.929. The summed E-state index contributed by atoms with van der Waals surface area (Å²) in [5.41, 5.74) is 0. The van der Waals surface area contributed by atoms with E-state index in [1.54, 1.807) is 0 Å². The lowest BCUT2D eigenvalue weighted by Gasteiger charge is -2.42. The maximum atomic E-state index is 13.0. The van der Waals surface area contributed by atoms with Crippen LogP contribution in [0, 0.1) is 0 Å². The molecule has 2 aliphatic rings. The number of aliphatic hydroxyl groups is 7. The Labute approximate surface area is 422 Å². The van der Waals surface area contributed by atoms with Crippen LogP contribution in [-0.4, -0.2) is 142 Å². The van der Waals surface area contributed by atoms with Gasteiger partial charge in [-0.25, -0.2) is 0 Å². The molecule has 0 radical (unpaired) electrons. The fourth-order valence-electron chi connectivity index (χ4n) is 8.80. The number of allylic oxidation sites excluding steroid dienone is 4. The summed E-state index contributed by atoms with van der Waals surface area (Å²) in [6.07, 6.45) is 27.7. The van der Waals surface area contributed by atoms with Gasteiger partial charge in [-0.2, -0.15) is 0 Å². The van der Waals surface area contributed by atoms with Gasteiger partial charge >= 0.3 is 11.9 Å². The quantitative estimate of drug-likeness (QED) is 0.0172. The predicted molar refractivity (Wildman–Crippen MR) is 271 cm³/mol. The third kappa shape index (κ3) is 29.6. The summed E-state index contributed by atoms with van der Waals surface area (Å²) >= 11 is 0. The molecular weight excluding hydrogens is 901 g/mol. The molecule has 0 bridgehead atoms. The first-order valence-corrected chi connectivity index (χ1v) is 27.9. The second-order valence-corrected chi connectivity index (χ2v) is 19.8. The van der Waals surface area contributed by atoms with Gasteiger partial charge in [0.2, 0.25) is 0 Å². The second kappa shape index (κ2) is 42.3. The third-order valence-corrected chi connectivity index (χ3v) is 13.4. The van der Waals surface area contributed by atoms with Crippen molar-refractivity contribution in [2.75, 3.05) is 26.4 Å². The molecule has 0 spiro atoms. The highest BCUT2D eigenvalue weighted by Crippen LogP contribution is 2.27. The molecule has 2 saturated heterocycles. The SMILES string of the molecule is CCCCCCCC/C=C/CCCCCCCCCCCC(=O)O[C@H](COC(=O)CCCCCCC/C=C/CCCCCCCC)CO[C@H]1O[C@@H](CO[C@H]2O[C@@H](CO)[C@@H](O)C(O)C2O)[C@@H](O)C(O)C1O. The number of hydrogen-bond donors (Lipinski definition) is 7. The molecule has 410 valence electrons. The Balaban J connectivity index is 1.78. The van der Waals surface area contributed by atoms with Gasteiger partial charge in [0.15, 0.2) is 18.7 Å². The highest BCUT2D eigenvalue weighted by molar-refractivity contribution is 5.70. The van der Waals surface area contributed by atoms with Crippen molar-refractivity contribution in [1.29, 1.82) is 0 Å². The Morgan fingerprint density at radius 2 is 0.814 bits per heavy atom. The molecule has 15 nitrogen and oxygen atoms in total. The maximum Gasteiger partial charge on any atom is 0.306 e. The zero-order valence-corrected chi connectivity index (χ0v) is 43.5. The van der Waals surface area contributed by atoms with Crippen LogP contribution in [0.4, 0.5) is 0 Å².